The summed E-state index contributed by atoms with van der Waals surface area (Å²) in [6.07, 6.45) is 0.659. The number of nitrogens with zero attached hydrogens (tertiary/aromatic N) is 3. The van der Waals surface area contributed by atoms with Crippen LogP contribution in [0.15, 0.2) is 28.6 Å². The van der Waals surface area contributed by atoms with Gasteiger partial charge < -0.3 is 5.32 Å². The molecule has 2 heterocycles. The van der Waals surface area contributed by atoms with Gasteiger partial charge in [-0.05, 0) is 25.0 Å². The Morgan fingerprint density at radius 3 is 2.82 bits per heavy atom. The number of amides is 1. The van der Waals surface area contributed by atoms with Crippen molar-refractivity contribution in [1.29, 1.82) is 0 Å². The highest BCUT2D eigenvalue weighted by molar-refractivity contribution is 7.94. The zero-order chi connectivity index (χ0) is 15.9. The van der Waals surface area contributed by atoms with Crippen molar-refractivity contribution in [2.75, 3.05) is 9.62 Å². The smallest absolute Gasteiger partial charge is 0.293 e. The molecule has 1 atom stereocenters. The van der Waals surface area contributed by atoms with E-state index in [0.717, 1.165) is 16.9 Å². The number of hydrogen-bond acceptors (Lipinski definition) is 6. The fraction of sp³-hybridized carbons (Fsp3) is 0.308. The van der Waals surface area contributed by atoms with E-state index in [9.17, 15) is 13.2 Å². The van der Waals surface area contributed by atoms with Crippen molar-refractivity contribution in [2.24, 2.45) is 0 Å². The van der Waals surface area contributed by atoms with Crippen LogP contribution in [0.25, 0.3) is 0 Å². The van der Waals surface area contributed by atoms with Gasteiger partial charge in [0.05, 0.1) is 5.69 Å². The van der Waals surface area contributed by atoms with Crippen LogP contribution >= 0.6 is 11.3 Å². The van der Waals surface area contributed by atoms with Crippen LogP contribution in [0, 0.1) is 0 Å². The van der Waals surface area contributed by atoms with Crippen molar-refractivity contribution in [3.05, 3.63) is 29.8 Å². The molecule has 7 nitrogen and oxygen atoms in total. The third kappa shape index (κ3) is 2.46. The standard InChI is InChI=1S/C13H14N4O3S2/c1-8-7-10-5-3-4-6-11(10)17(8)22(19,20)13-16-15-12(21-13)14-9(2)18/h3-6,8H,7H2,1-2H3,(H,14,15,18)/t8-/m0/s1. The second-order valence-corrected chi connectivity index (χ2v) is 8.00. The second kappa shape index (κ2) is 5.33. The predicted molar refractivity (Wildman–Crippen MR) is 83.5 cm³/mol. The lowest BCUT2D eigenvalue weighted by Crippen LogP contribution is -2.35. The van der Waals surface area contributed by atoms with Crippen molar-refractivity contribution in [2.45, 2.75) is 30.6 Å². The van der Waals surface area contributed by atoms with E-state index in [1.54, 1.807) is 6.07 Å². The number of aromatic nitrogens is 2. The Labute approximate surface area is 132 Å². The Bertz CT molecular complexity index is 831. The quantitative estimate of drug-likeness (QED) is 0.859. The lowest BCUT2D eigenvalue weighted by atomic mass is 10.1. The van der Waals surface area contributed by atoms with Crippen LogP contribution in [0.5, 0.6) is 0 Å². The highest BCUT2D eigenvalue weighted by Gasteiger charge is 2.38. The summed E-state index contributed by atoms with van der Waals surface area (Å²) in [4.78, 5) is 11.0. The molecular weight excluding hydrogens is 324 g/mol. The third-order valence-electron chi connectivity index (χ3n) is 3.31. The van der Waals surface area contributed by atoms with E-state index >= 15 is 0 Å². The lowest BCUT2D eigenvalue weighted by molar-refractivity contribution is -0.114. The molecular formula is C13H14N4O3S2. The summed E-state index contributed by atoms with van der Waals surface area (Å²) in [5.41, 5.74) is 1.66. The molecule has 1 N–H and O–H groups in total. The number of benzene rings is 1. The van der Waals surface area contributed by atoms with Gasteiger partial charge >= 0.3 is 0 Å². The summed E-state index contributed by atoms with van der Waals surface area (Å²) in [6.45, 7) is 3.18. The largest absolute Gasteiger partial charge is 0.301 e. The first-order valence-corrected chi connectivity index (χ1v) is 8.88. The molecule has 0 aliphatic carbocycles. The molecule has 0 unspecified atom stereocenters. The zero-order valence-corrected chi connectivity index (χ0v) is 13.6. The monoisotopic (exact) mass is 338 g/mol. The molecule has 116 valence electrons. The summed E-state index contributed by atoms with van der Waals surface area (Å²) >= 11 is 0.848. The summed E-state index contributed by atoms with van der Waals surface area (Å²) in [7, 11) is -3.79. The molecule has 0 fully saturated rings. The van der Waals surface area contributed by atoms with Gasteiger partial charge in [-0.1, -0.05) is 29.5 Å². The average Bonchev–Trinajstić information content (AvgIpc) is 3.01. The van der Waals surface area contributed by atoms with Gasteiger partial charge in [0, 0.05) is 13.0 Å². The van der Waals surface area contributed by atoms with Crippen LogP contribution in [0.1, 0.15) is 19.4 Å². The molecule has 0 spiro atoms. The number of carbonyl (C=O) groups is 1. The van der Waals surface area contributed by atoms with E-state index in [1.807, 2.05) is 25.1 Å². The minimum absolute atomic E-state index is 0.125. The third-order valence-corrected chi connectivity index (χ3v) is 6.43. The van der Waals surface area contributed by atoms with E-state index in [4.69, 9.17) is 0 Å². The number of hydrogen-bond donors (Lipinski definition) is 1. The highest BCUT2D eigenvalue weighted by Crippen LogP contribution is 2.37. The van der Waals surface area contributed by atoms with E-state index in [0.29, 0.717) is 12.1 Å². The normalized spacial score (nSPS) is 17.4. The highest BCUT2D eigenvalue weighted by atomic mass is 32.2. The molecule has 9 heteroatoms. The fourth-order valence-corrected chi connectivity index (χ4v) is 5.22. The molecule has 0 radical (unpaired) electrons. The van der Waals surface area contributed by atoms with Crippen molar-refractivity contribution in [1.82, 2.24) is 10.2 Å². The van der Waals surface area contributed by atoms with E-state index in [2.05, 4.69) is 15.5 Å². The molecule has 0 saturated heterocycles. The van der Waals surface area contributed by atoms with Crippen molar-refractivity contribution in [3.8, 4) is 0 Å². The zero-order valence-electron chi connectivity index (χ0n) is 12.0. The SMILES string of the molecule is CC(=O)Nc1nnc(S(=O)(=O)N2c3ccccc3C[C@@H]2C)s1. The molecule has 3 rings (SSSR count). The number of sulfonamides is 1. The Balaban J connectivity index is 2.00. The number of fused-ring (bicyclic) bond motifs is 1. The Morgan fingerprint density at radius 1 is 1.36 bits per heavy atom. The molecule has 0 bridgehead atoms. The molecule has 1 aromatic heterocycles. The van der Waals surface area contributed by atoms with Gasteiger partial charge in [-0.3, -0.25) is 9.10 Å². The maximum atomic E-state index is 12.8. The summed E-state index contributed by atoms with van der Waals surface area (Å²) in [6, 6.07) is 7.22. The van der Waals surface area contributed by atoms with Crippen LogP contribution in [-0.2, 0) is 21.2 Å². The van der Waals surface area contributed by atoms with Gasteiger partial charge in [0.1, 0.15) is 0 Å². The molecule has 22 heavy (non-hydrogen) atoms. The molecule has 1 aromatic carbocycles. The van der Waals surface area contributed by atoms with Crippen LogP contribution in [0.2, 0.25) is 0 Å². The van der Waals surface area contributed by atoms with Crippen LogP contribution in [-0.4, -0.2) is 30.6 Å². The fourth-order valence-electron chi connectivity index (χ4n) is 2.50. The predicted octanol–water partition coefficient (Wildman–Crippen LogP) is 1.64. The second-order valence-electron chi connectivity index (χ2n) is 5.04. The van der Waals surface area contributed by atoms with Gasteiger partial charge in [0.15, 0.2) is 0 Å². The topological polar surface area (TPSA) is 92.3 Å². The Morgan fingerprint density at radius 2 is 2.09 bits per heavy atom. The molecule has 1 aliphatic rings. The van der Waals surface area contributed by atoms with Gasteiger partial charge in [-0.15, -0.1) is 10.2 Å². The molecule has 2 aromatic rings. The van der Waals surface area contributed by atoms with Crippen LogP contribution in [0.4, 0.5) is 10.8 Å². The Kier molecular flexibility index (Phi) is 3.61. The maximum Gasteiger partial charge on any atom is 0.293 e. The number of para-hydroxylation sites is 1. The number of anilines is 2. The van der Waals surface area contributed by atoms with E-state index in [-0.39, 0.29) is 21.4 Å². The Hall–Kier alpha value is -2.00. The summed E-state index contributed by atoms with van der Waals surface area (Å²) in [5.74, 6) is -0.319. The first-order chi connectivity index (χ1) is 10.4. The first kappa shape index (κ1) is 14.9. The summed E-state index contributed by atoms with van der Waals surface area (Å²) < 4.78 is 26.9. The van der Waals surface area contributed by atoms with Gasteiger partial charge in [0.2, 0.25) is 11.0 Å². The minimum atomic E-state index is -3.79. The minimum Gasteiger partial charge on any atom is -0.301 e. The number of rotatable bonds is 3. The molecule has 1 amide bonds. The first-order valence-electron chi connectivity index (χ1n) is 6.63. The van der Waals surface area contributed by atoms with Crippen LogP contribution in [0.3, 0.4) is 0 Å². The van der Waals surface area contributed by atoms with E-state index < -0.39 is 10.0 Å². The van der Waals surface area contributed by atoms with E-state index in [1.165, 1.54) is 11.2 Å². The number of carbonyl (C=O) groups excluding carboxylic acids is 1. The molecule has 0 saturated carbocycles. The van der Waals surface area contributed by atoms with Crippen molar-refractivity contribution >= 4 is 38.1 Å². The van der Waals surface area contributed by atoms with Gasteiger partial charge in [-0.25, -0.2) is 0 Å². The van der Waals surface area contributed by atoms with Crippen molar-refractivity contribution in [3.63, 3.8) is 0 Å². The maximum absolute atomic E-state index is 12.8. The van der Waals surface area contributed by atoms with Gasteiger partial charge in [-0.2, -0.15) is 8.42 Å². The van der Waals surface area contributed by atoms with Crippen molar-refractivity contribution < 1.29 is 13.2 Å². The lowest BCUT2D eigenvalue weighted by Gasteiger charge is -2.22. The summed E-state index contributed by atoms with van der Waals surface area (Å²) in [5, 5.41) is 10.0. The average molecular weight is 338 g/mol. The number of nitrogens with one attached hydrogen (secondary N) is 1. The van der Waals surface area contributed by atoms with Gasteiger partial charge in [0.25, 0.3) is 14.4 Å². The molecule has 1 aliphatic heterocycles. The van der Waals surface area contributed by atoms with Crippen LogP contribution < -0.4 is 9.62 Å².